The van der Waals surface area contributed by atoms with Gasteiger partial charge in [-0.25, -0.2) is 4.98 Å². The average molecular weight is 321 g/mol. The topological polar surface area (TPSA) is 76.4 Å². The Labute approximate surface area is 137 Å². The lowest BCUT2D eigenvalue weighted by Crippen LogP contribution is -2.21. The van der Waals surface area contributed by atoms with Crippen molar-refractivity contribution < 1.29 is 14.7 Å². The second-order valence-electron chi connectivity index (χ2n) is 6.03. The number of carboxylic acids is 1. The van der Waals surface area contributed by atoms with Crippen LogP contribution in [0.3, 0.4) is 0 Å². The molecule has 0 spiro atoms. The number of hydrogen-bond donors (Lipinski definition) is 2. The number of nitrogens with zero attached hydrogens (tertiary/aromatic N) is 2. The third kappa shape index (κ3) is 6.86. The van der Waals surface area contributed by atoms with Crippen LogP contribution in [-0.4, -0.2) is 27.2 Å². The summed E-state index contributed by atoms with van der Waals surface area (Å²) in [4.78, 5) is 20.2. The fourth-order valence-corrected chi connectivity index (χ4v) is 2.82. The highest BCUT2D eigenvalue weighted by Gasteiger charge is 2.12. The van der Waals surface area contributed by atoms with Crippen molar-refractivity contribution in [3.8, 4) is 0 Å². The minimum atomic E-state index is -0.728. The number of carboxylic acid groups (broad SMARTS) is 1. The summed E-state index contributed by atoms with van der Waals surface area (Å²) < 4.78 is 2.04. The number of carbonyl (C=O) groups is 1. The maximum atomic E-state index is 10.4. The van der Waals surface area contributed by atoms with Crippen molar-refractivity contribution in [3.63, 3.8) is 0 Å². The van der Waals surface area contributed by atoms with Gasteiger partial charge in [0.2, 0.25) is 0 Å². The molecule has 0 saturated heterocycles. The Morgan fingerprint density at radius 3 is 2.78 bits per heavy atom. The van der Waals surface area contributed by atoms with Crippen LogP contribution in [0.5, 0.6) is 0 Å². The fourth-order valence-electron chi connectivity index (χ4n) is 2.82. The molecule has 0 aromatic carbocycles. The van der Waals surface area contributed by atoms with Gasteiger partial charge in [-0.2, -0.15) is 0 Å². The van der Waals surface area contributed by atoms with Gasteiger partial charge in [0.05, 0.1) is 25.2 Å². The van der Waals surface area contributed by atoms with E-state index in [9.17, 15) is 4.79 Å². The van der Waals surface area contributed by atoms with Crippen LogP contribution >= 0.6 is 0 Å². The van der Waals surface area contributed by atoms with Crippen molar-refractivity contribution >= 4 is 5.97 Å². The molecule has 1 aromatic heterocycles. The highest BCUT2D eigenvalue weighted by atomic mass is 16.6. The molecule has 2 rings (SSSR count). The first-order valence-corrected chi connectivity index (χ1v) is 8.52. The molecule has 0 atom stereocenters. The standard InChI is InChI=1S/C17H27N3O3/c21-17(22)9-5-2-6-12-23-19-16(13-20-11-10-18-14-20)15-7-3-1-4-8-15/h10-11,14,19H,1-9,12-13H2,(H,21,22). The van der Waals surface area contributed by atoms with Gasteiger partial charge in [0, 0.05) is 18.8 Å². The molecule has 0 amide bonds. The molecule has 1 aliphatic rings. The zero-order chi connectivity index (χ0) is 16.3. The largest absolute Gasteiger partial charge is 0.481 e. The number of allylic oxidation sites excluding steroid dienone is 2. The molecule has 0 unspecified atom stereocenters. The zero-order valence-corrected chi connectivity index (χ0v) is 13.7. The van der Waals surface area contributed by atoms with E-state index in [2.05, 4.69) is 10.5 Å². The van der Waals surface area contributed by atoms with E-state index in [4.69, 9.17) is 9.94 Å². The number of rotatable bonds is 10. The van der Waals surface area contributed by atoms with Crippen molar-refractivity contribution in [2.75, 3.05) is 6.61 Å². The maximum absolute atomic E-state index is 10.4. The fraction of sp³-hybridized carbons (Fsp3) is 0.647. The minimum Gasteiger partial charge on any atom is -0.481 e. The number of aromatic nitrogens is 2. The number of hydroxylamine groups is 1. The van der Waals surface area contributed by atoms with E-state index in [0.717, 1.165) is 37.9 Å². The van der Waals surface area contributed by atoms with Crippen LogP contribution in [0, 0.1) is 0 Å². The first-order chi connectivity index (χ1) is 11.3. The van der Waals surface area contributed by atoms with Gasteiger partial charge in [-0.3, -0.25) is 15.1 Å². The predicted octanol–water partition coefficient (Wildman–Crippen LogP) is 3.27. The van der Waals surface area contributed by atoms with Crippen molar-refractivity contribution in [1.82, 2.24) is 15.0 Å². The lowest BCUT2D eigenvalue weighted by molar-refractivity contribution is -0.137. The van der Waals surface area contributed by atoms with Gasteiger partial charge in [0.1, 0.15) is 0 Å². The molecular formula is C17H27N3O3. The summed E-state index contributed by atoms with van der Waals surface area (Å²) in [5.41, 5.74) is 5.74. The monoisotopic (exact) mass is 321 g/mol. The summed E-state index contributed by atoms with van der Waals surface area (Å²) in [6.45, 7) is 1.36. The zero-order valence-electron chi connectivity index (χ0n) is 13.7. The number of hydrogen-bond acceptors (Lipinski definition) is 4. The Bertz CT molecular complexity index is 489. The lowest BCUT2D eigenvalue weighted by atomic mass is 9.93. The quantitative estimate of drug-likeness (QED) is 0.511. The third-order valence-electron chi connectivity index (χ3n) is 4.12. The van der Waals surface area contributed by atoms with Crippen molar-refractivity contribution in [1.29, 1.82) is 0 Å². The molecule has 0 radical (unpaired) electrons. The SMILES string of the molecule is O=C(O)CCCCCONC(Cn1ccnc1)=C1CCCCC1. The van der Waals surface area contributed by atoms with E-state index >= 15 is 0 Å². The van der Waals surface area contributed by atoms with Gasteiger partial charge < -0.3 is 9.67 Å². The molecule has 1 saturated carbocycles. The first-order valence-electron chi connectivity index (χ1n) is 8.52. The molecule has 6 nitrogen and oxygen atoms in total. The third-order valence-corrected chi connectivity index (χ3v) is 4.12. The molecule has 6 heteroatoms. The molecule has 1 aromatic rings. The van der Waals surface area contributed by atoms with Gasteiger partial charge in [0.15, 0.2) is 0 Å². The second kappa shape index (κ2) is 10.0. The number of imidazole rings is 1. The maximum Gasteiger partial charge on any atom is 0.303 e. The Hall–Kier alpha value is -1.82. The summed E-state index contributed by atoms with van der Waals surface area (Å²) in [7, 11) is 0. The van der Waals surface area contributed by atoms with Crippen LogP contribution < -0.4 is 5.48 Å². The van der Waals surface area contributed by atoms with E-state index in [1.165, 1.54) is 24.8 Å². The number of aliphatic carboxylic acids is 1. The van der Waals surface area contributed by atoms with E-state index < -0.39 is 5.97 Å². The molecule has 1 aliphatic carbocycles. The van der Waals surface area contributed by atoms with E-state index in [1.807, 2.05) is 17.1 Å². The van der Waals surface area contributed by atoms with E-state index in [1.54, 1.807) is 6.20 Å². The second-order valence-corrected chi connectivity index (χ2v) is 6.03. The molecule has 1 fully saturated rings. The van der Waals surface area contributed by atoms with Crippen molar-refractivity contribution in [2.24, 2.45) is 0 Å². The van der Waals surface area contributed by atoms with Crippen LogP contribution in [0.25, 0.3) is 0 Å². The molecule has 1 heterocycles. The number of unbranched alkanes of at least 4 members (excludes halogenated alkanes) is 2. The summed E-state index contributed by atoms with van der Waals surface area (Å²) in [5, 5.41) is 8.60. The molecule has 0 bridgehead atoms. The van der Waals surface area contributed by atoms with Crippen LogP contribution in [0.2, 0.25) is 0 Å². The Balaban J connectivity index is 1.75. The van der Waals surface area contributed by atoms with Crippen molar-refractivity contribution in [2.45, 2.75) is 64.3 Å². The van der Waals surface area contributed by atoms with Gasteiger partial charge in [-0.15, -0.1) is 0 Å². The minimum absolute atomic E-state index is 0.239. The van der Waals surface area contributed by atoms with Crippen LogP contribution in [-0.2, 0) is 16.2 Å². The highest BCUT2D eigenvalue weighted by Crippen LogP contribution is 2.25. The lowest BCUT2D eigenvalue weighted by Gasteiger charge is -2.21. The molecular weight excluding hydrogens is 294 g/mol. The highest BCUT2D eigenvalue weighted by molar-refractivity contribution is 5.66. The average Bonchev–Trinajstić information content (AvgIpc) is 3.06. The Morgan fingerprint density at radius 1 is 1.26 bits per heavy atom. The molecule has 2 N–H and O–H groups in total. The summed E-state index contributed by atoms with van der Waals surface area (Å²) in [6.07, 6.45) is 14.3. The van der Waals surface area contributed by atoms with Gasteiger partial charge in [-0.1, -0.05) is 12.8 Å². The first kappa shape index (κ1) is 17.5. The summed E-state index contributed by atoms with van der Waals surface area (Å²) >= 11 is 0. The number of nitrogens with one attached hydrogen (secondary N) is 1. The van der Waals surface area contributed by atoms with Crippen LogP contribution in [0.4, 0.5) is 0 Å². The van der Waals surface area contributed by atoms with Gasteiger partial charge in [0.25, 0.3) is 0 Å². The molecule has 0 aliphatic heterocycles. The van der Waals surface area contributed by atoms with Crippen LogP contribution in [0.15, 0.2) is 30.0 Å². The van der Waals surface area contributed by atoms with Crippen LogP contribution in [0.1, 0.15) is 57.8 Å². The van der Waals surface area contributed by atoms with Gasteiger partial charge in [-0.05, 0) is 44.1 Å². The predicted molar refractivity (Wildman–Crippen MR) is 87.5 cm³/mol. The Kier molecular flexibility index (Phi) is 7.66. The molecule has 23 heavy (non-hydrogen) atoms. The smallest absolute Gasteiger partial charge is 0.303 e. The van der Waals surface area contributed by atoms with E-state index in [0.29, 0.717) is 13.0 Å². The molecule has 128 valence electrons. The summed E-state index contributed by atoms with van der Waals surface area (Å²) in [5.74, 6) is -0.728. The van der Waals surface area contributed by atoms with E-state index in [-0.39, 0.29) is 6.42 Å². The van der Waals surface area contributed by atoms with Gasteiger partial charge >= 0.3 is 5.97 Å². The van der Waals surface area contributed by atoms with Crippen molar-refractivity contribution in [3.05, 3.63) is 30.0 Å². The Morgan fingerprint density at radius 2 is 2.09 bits per heavy atom. The summed E-state index contributed by atoms with van der Waals surface area (Å²) in [6, 6.07) is 0. The normalized spacial score (nSPS) is 14.7.